The Bertz CT molecular complexity index is 342. The van der Waals surface area contributed by atoms with Crippen molar-refractivity contribution in [3.8, 4) is 0 Å². The molecule has 0 radical (unpaired) electrons. The van der Waals surface area contributed by atoms with E-state index in [0.717, 1.165) is 0 Å². The fourth-order valence-electron chi connectivity index (χ4n) is 1.66. The van der Waals surface area contributed by atoms with Gasteiger partial charge in [0.25, 0.3) is 0 Å². The monoisotopic (exact) mass is 280 g/mol. The van der Waals surface area contributed by atoms with Crippen molar-refractivity contribution >= 4 is 11.9 Å². The van der Waals surface area contributed by atoms with Crippen molar-refractivity contribution in [2.24, 2.45) is 0 Å². The molecule has 1 saturated heterocycles. The standard InChI is InChI=1S/C10H16O9/c1-2-3(8(14)15)18-10-6(13)4(11)5(12)7(19-10)9(16)17/h3-7,10-13H,2H2,1H3,(H,14,15)(H,16,17)/t3?,4?,5-,6+,7?,10?/m1/s1. The van der Waals surface area contributed by atoms with Gasteiger partial charge in [0.1, 0.15) is 18.3 Å². The molecule has 9 nitrogen and oxygen atoms in total. The third kappa shape index (κ3) is 3.39. The van der Waals surface area contributed by atoms with Crippen LogP contribution in [0.25, 0.3) is 0 Å². The Kier molecular flexibility index (Phi) is 5.20. The van der Waals surface area contributed by atoms with Gasteiger partial charge in [-0.1, -0.05) is 6.92 Å². The van der Waals surface area contributed by atoms with Gasteiger partial charge in [-0.15, -0.1) is 0 Å². The van der Waals surface area contributed by atoms with E-state index in [4.69, 9.17) is 19.7 Å². The van der Waals surface area contributed by atoms with E-state index in [1.807, 2.05) is 0 Å². The third-order valence-electron chi connectivity index (χ3n) is 2.76. The highest BCUT2D eigenvalue weighted by Gasteiger charge is 2.48. The third-order valence-corrected chi connectivity index (χ3v) is 2.76. The lowest BCUT2D eigenvalue weighted by atomic mass is 9.99. The minimum Gasteiger partial charge on any atom is -0.479 e. The number of aliphatic hydroxyl groups is 3. The molecule has 0 aromatic rings. The first-order valence-electron chi connectivity index (χ1n) is 5.60. The summed E-state index contributed by atoms with van der Waals surface area (Å²) in [6, 6.07) is 0. The molecule has 0 spiro atoms. The minimum absolute atomic E-state index is 0.0539. The molecule has 1 aliphatic heterocycles. The molecule has 1 aliphatic rings. The molecule has 0 amide bonds. The number of aliphatic carboxylic acids is 2. The molecule has 0 saturated carbocycles. The normalized spacial score (nSPS) is 36.7. The minimum atomic E-state index is -1.84. The fourth-order valence-corrected chi connectivity index (χ4v) is 1.66. The lowest BCUT2D eigenvalue weighted by Crippen LogP contribution is -2.61. The second kappa shape index (κ2) is 6.26. The van der Waals surface area contributed by atoms with Gasteiger partial charge in [0.05, 0.1) is 0 Å². The van der Waals surface area contributed by atoms with Crippen LogP contribution in [0.3, 0.4) is 0 Å². The smallest absolute Gasteiger partial charge is 0.335 e. The van der Waals surface area contributed by atoms with E-state index in [1.165, 1.54) is 6.92 Å². The molecule has 0 bridgehead atoms. The predicted octanol–water partition coefficient (Wildman–Crippen LogP) is -2.24. The Morgan fingerprint density at radius 1 is 1.16 bits per heavy atom. The summed E-state index contributed by atoms with van der Waals surface area (Å²) in [4.78, 5) is 21.6. The molecule has 1 heterocycles. The lowest BCUT2D eigenvalue weighted by Gasteiger charge is -2.39. The van der Waals surface area contributed by atoms with Crippen molar-refractivity contribution in [2.45, 2.75) is 50.2 Å². The molecule has 1 rings (SSSR count). The number of carboxylic acids is 2. The van der Waals surface area contributed by atoms with Crippen LogP contribution >= 0.6 is 0 Å². The zero-order chi connectivity index (χ0) is 14.7. The maximum atomic E-state index is 10.8. The fraction of sp³-hybridized carbons (Fsp3) is 0.800. The Morgan fingerprint density at radius 2 is 1.74 bits per heavy atom. The zero-order valence-electron chi connectivity index (χ0n) is 10.0. The van der Waals surface area contributed by atoms with E-state index >= 15 is 0 Å². The Balaban J connectivity index is 2.82. The van der Waals surface area contributed by atoms with Gasteiger partial charge < -0.3 is 35.0 Å². The average molecular weight is 280 g/mol. The van der Waals surface area contributed by atoms with Crippen LogP contribution in [-0.4, -0.2) is 74.3 Å². The molecule has 5 N–H and O–H groups in total. The van der Waals surface area contributed by atoms with Crippen molar-refractivity contribution in [3.05, 3.63) is 0 Å². The molecule has 9 heteroatoms. The molecular weight excluding hydrogens is 264 g/mol. The number of carbonyl (C=O) groups is 2. The summed E-state index contributed by atoms with van der Waals surface area (Å²) in [5, 5.41) is 46.1. The summed E-state index contributed by atoms with van der Waals surface area (Å²) in [5.74, 6) is -2.87. The van der Waals surface area contributed by atoms with Crippen molar-refractivity contribution in [1.29, 1.82) is 0 Å². The summed E-state index contributed by atoms with van der Waals surface area (Å²) in [6.45, 7) is 1.51. The highest BCUT2D eigenvalue weighted by molar-refractivity contribution is 5.73. The van der Waals surface area contributed by atoms with Crippen LogP contribution < -0.4 is 0 Å². The predicted molar refractivity (Wildman–Crippen MR) is 57.1 cm³/mol. The number of aliphatic hydroxyl groups excluding tert-OH is 3. The molecular formula is C10H16O9. The average Bonchev–Trinajstić information content (AvgIpc) is 2.34. The van der Waals surface area contributed by atoms with E-state index < -0.39 is 48.7 Å². The molecule has 19 heavy (non-hydrogen) atoms. The first kappa shape index (κ1) is 15.8. The molecule has 1 fully saturated rings. The van der Waals surface area contributed by atoms with E-state index in [2.05, 4.69) is 0 Å². The van der Waals surface area contributed by atoms with Gasteiger partial charge in [-0.2, -0.15) is 0 Å². The van der Waals surface area contributed by atoms with Gasteiger partial charge >= 0.3 is 11.9 Å². The van der Waals surface area contributed by atoms with Crippen molar-refractivity contribution in [3.63, 3.8) is 0 Å². The lowest BCUT2D eigenvalue weighted by molar-refractivity contribution is -0.303. The summed E-state index contributed by atoms with van der Waals surface area (Å²) in [5.41, 5.74) is 0. The van der Waals surface area contributed by atoms with Crippen LogP contribution in [0.1, 0.15) is 13.3 Å². The Morgan fingerprint density at radius 3 is 2.16 bits per heavy atom. The number of carboxylic acid groups (broad SMARTS) is 2. The van der Waals surface area contributed by atoms with Crippen LogP contribution in [0.5, 0.6) is 0 Å². The van der Waals surface area contributed by atoms with Crippen LogP contribution in [-0.2, 0) is 19.1 Å². The second-order valence-corrected chi connectivity index (χ2v) is 4.11. The topological polar surface area (TPSA) is 154 Å². The van der Waals surface area contributed by atoms with Crippen molar-refractivity contribution < 1.29 is 44.6 Å². The highest BCUT2D eigenvalue weighted by Crippen LogP contribution is 2.23. The molecule has 0 aromatic carbocycles. The SMILES string of the molecule is CCC(OC1OC(C(=O)O)[C@H](O)C(O)[C@@H]1O)C(=O)O. The van der Waals surface area contributed by atoms with Crippen molar-refractivity contribution in [1.82, 2.24) is 0 Å². The first-order chi connectivity index (χ1) is 8.79. The van der Waals surface area contributed by atoms with E-state index in [9.17, 15) is 24.9 Å². The van der Waals surface area contributed by atoms with Gasteiger partial charge in [-0.05, 0) is 6.42 Å². The van der Waals surface area contributed by atoms with Crippen LogP contribution in [0.4, 0.5) is 0 Å². The maximum absolute atomic E-state index is 10.8. The first-order valence-corrected chi connectivity index (χ1v) is 5.60. The second-order valence-electron chi connectivity index (χ2n) is 4.11. The van der Waals surface area contributed by atoms with Gasteiger partial charge in [0, 0.05) is 0 Å². The largest absolute Gasteiger partial charge is 0.479 e. The summed E-state index contributed by atoms with van der Waals surface area (Å²) in [7, 11) is 0. The molecule has 0 aliphatic carbocycles. The quantitative estimate of drug-likeness (QED) is 0.376. The molecule has 4 unspecified atom stereocenters. The van der Waals surface area contributed by atoms with Crippen LogP contribution in [0.2, 0.25) is 0 Å². The molecule has 110 valence electrons. The van der Waals surface area contributed by atoms with Crippen molar-refractivity contribution in [2.75, 3.05) is 0 Å². The van der Waals surface area contributed by atoms with E-state index in [1.54, 1.807) is 0 Å². The van der Waals surface area contributed by atoms with Crippen LogP contribution in [0.15, 0.2) is 0 Å². The van der Waals surface area contributed by atoms with Gasteiger partial charge in [0.15, 0.2) is 18.5 Å². The summed E-state index contributed by atoms with van der Waals surface area (Å²) < 4.78 is 9.69. The van der Waals surface area contributed by atoms with Gasteiger partial charge in [0.2, 0.25) is 0 Å². The Labute approximate surface area is 108 Å². The van der Waals surface area contributed by atoms with Gasteiger partial charge in [-0.25, -0.2) is 9.59 Å². The Hall–Kier alpha value is -1.26. The number of ether oxygens (including phenoxy) is 2. The van der Waals surface area contributed by atoms with Crippen LogP contribution in [0, 0.1) is 0 Å². The highest BCUT2D eigenvalue weighted by atomic mass is 16.7. The number of hydrogen-bond acceptors (Lipinski definition) is 7. The summed E-state index contributed by atoms with van der Waals surface area (Å²) in [6.07, 6.45) is -10.1. The van der Waals surface area contributed by atoms with E-state index in [-0.39, 0.29) is 6.42 Å². The van der Waals surface area contributed by atoms with Gasteiger partial charge in [-0.3, -0.25) is 0 Å². The van der Waals surface area contributed by atoms with E-state index in [0.29, 0.717) is 0 Å². The zero-order valence-corrected chi connectivity index (χ0v) is 10.0. The number of rotatable bonds is 5. The molecule has 0 aromatic heterocycles. The molecule has 6 atom stereocenters. The maximum Gasteiger partial charge on any atom is 0.335 e. The number of hydrogen-bond donors (Lipinski definition) is 5. The summed E-state index contributed by atoms with van der Waals surface area (Å²) >= 11 is 0.